The molecule has 0 saturated heterocycles. The Morgan fingerprint density at radius 3 is 2.58 bits per heavy atom. The number of ether oxygens (including phenoxy) is 1. The highest BCUT2D eigenvalue weighted by molar-refractivity contribution is 5.91. The van der Waals surface area contributed by atoms with Gasteiger partial charge in [0.1, 0.15) is 11.6 Å². The maximum Gasteiger partial charge on any atom is 0.312 e. The smallest absolute Gasteiger partial charge is 0.312 e. The zero-order valence-electron chi connectivity index (χ0n) is 13.0. The lowest BCUT2D eigenvalue weighted by Gasteiger charge is -2.26. The number of hydrogen-bond donors (Lipinski definition) is 0. The molecule has 0 aliphatic carbocycles. The van der Waals surface area contributed by atoms with Crippen LogP contribution in [0.2, 0.25) is 0 Å². The second-order valence-electron chi connectivity index (χ2n) is 5.88. The molecule has 4 rings (SSSR count). The molecular formula is C19H14FNO3. The molecule has 0 bridgehead atoms. The zero-order chi connectivity index (χ0) is 16.8. The van der Waals surface area contributed by atoms with Crippen molar-refractivity contribution in [1.82, 2.24) is 4.57 Å². The Morgan fingerprint density at radius 2 is 1.79 bits per heavy atom. The van der Waals surface area contributed by atoms with Crippen molar-refractivity contribution in [2.24, 2.45) is 7.05 Å². The third-order valence-electron chi connectivity index (χ3n) is 4.51. The second-order valence-corrected chi connectivity index (χ2v) is 5.88. The van der Waals surface area contributed by atoms with E-state index in [1.165, 1.54) is 10.6 Å². The number of nitrogens with zero attached hydrogens (tertiary/aromatic N) is 1. The van der Waals surface area contributed by atoms with Gasteiger partial charge in [-0.05, 0) is 23.8 Å². The van der Waals surface area contributed by atoms with Gasteiger partial charge in [-0.25, -0.2) is 4.39 Å². The van der Waals surface area contributed by atoms with Crippen molar-refractivity contribution in [3.05, 3.63) is 75.8 Å². The summed E-state index contributed by atoms with van der Waals surface area (Å²) < 4.78 is 21.2. The van der Waals surface area contributed by atoms with Gasteiger partial charge >= 0.3 is 5.97 Å². The molecule has 3 aromatic rings. The molecule has 1 aliphatic rings. The number of carbonyl (C=O) groups excluding carboxylic acids is 1. The van der Waals surface area contributed by atoms with E-state index in [1.54, 1.807) is 37.4 Å². The fourth-order valence-corrected chi connectivity index (χ4v) is 3.36. The van der Waals surface area contributed by atoms with Crippen LogP contribution < -0.4 is 10.3 Å². The minimum Gasteiger partial charge on any atom is -0.425 e. The van der Waals surface area contributed by atoms with Crippen LogP contribution in [0.5, 0.6) is 5.75 Å². The Bertz CT molecular complexity index is 1040. The van der Waals surface area contributed by atoms with Gasteiger partial charge < -0.3 is 9.30 Å². The summed E-state index contributed by atoms with van der Waals surface area (Å²) in [5.74, 6) is -1.29. The Balaban J connectivity index is 2.09. The molecule has 0 N–H and O–H groups in total. The molecular weight excluding hydrogens is 309 g/mol. The number of fused-ring (bicyclic) bond motifs is 3. The molecule has 1 atom stereocenters. The quantitative estimate of drug-likeness (QED) is 0.647. The topological polar surface area (TPSA) is 48.3 Å². The highest BCUT2D eigenvalue weighted by atomic mass is 19.1. The van der Waals surface area contributed by atoms with Crippen molar-refractivity contribution in [2.45, 2.75) is 12.3 Å². The Morgan fingerprint density at radius 1 is 1.08 bits per heavy atom. The standard InChI is InChI=1S/C19H14FNO3/c1-21-15-9-5-3-7-12(15)18-17(19(21)23)13(10-16(22)24-18)11-6-2-4-8-14(11)20/h2-9,13H,10H2,1H3/t13-/m0/s1. The van der Waals surface area contributed by atoms with E-state index < -0.39 is 17.7 Å². The highest BCUT2D eigenvalue weighted by Gasteiger charge is 2.34. The van der Waals surface area contributed by atoms with Crippen LogP contribution in [0.15, 0.2) is 53.3 Å². The van der Waals surface area contributed by atoms with Crippen LogP contribution in [0.25, 0.3) is 10.9 Å². The SMILES string of the molecule is Cn1c(=O)c2c(c3ccccc31)OC(=O)C[C@H]2c1ccccc1F. The Labute approximate surface area is 137 Å². The summed E-state index contributed by atoms with van der Waals surface area (Å²) in [6, 6.07) is 13.4. The molecule has 120 valence electrons. The molecule has 1 aromatic heterocycles. The summed E-state index contributed by atoms with van der Waals surface area (Å²) in [7, 11) is 1.67. The van der Waals surface area contributed by atoms with Crippen molar-refractivity contribution in [3.63, 3.8) is 0 Å². The molecule has 0 spiro atoms. The van der Waals surface area contributed by atoms with E-state index in [9.17, 15) is 14.0 Å². The summed E-state index contributed by atoms with van der Waals surface area (Å²) >= 11 is 0. The molecule has 2 heterocycles. The number of carbonyl (C=O) groups is 1. The number of aromatic nitrogens is 1. The fraction of sp³-hybridized carbons (Fsp3) is 0.158. The van der Waals surface area contributed by atoms with Gasteiger partial charge in [0, 0.05) is 18.4 Å². The minimum atomic E-state index is -0.647. The first kappa shape index (κ1) is 14.6. The predicted molar refractivity (Wildman–Crippen MR) is 87.7 cm³/mol. The summed E-state index contributed by atoms with van der Waals surface area (Å²) in [4.78, 5) is 25.0. The zero-order valence-corrected chi connectivity index (χ0v) is 13.0. The van der Waals surface area contributed by atoms with Crippen LogP contribution >= 0.6 is 0 Å². The van der Waals surface area contributed by atoms with E-state index >= 15 is 0 Å². The van der Waals surface area contributed by atoms with E-state index in [1.807, 2.05) is 12.1 Å². The van der Waals surface area contributed by atoms with Crippen molar-refractivity contribution < 1.29 is 13.9 Å². The Kier molecular flexibility index (Phi) is 3.23. The van der Waals surface area contributed by atoms with Gasteiger partial charge in [-0.15, -0.1) is 0 Å². The number of aryl methyl sites for hydroxylation is 1. The third kappa shape index (κ3) is 2.05. The average Bonchev–Trinajstić information content (AvgIpc) is 2.59. The number of esters is 1. The maximum atomic E-state index is 14.3. The fourth-order valence-electron chi connectivity index (χ4n) is 3.36. The van der Waals surface area contributed by atoms with E-state index in [2.05, 4.69) is 0 Å². The highest BCUT2D eigenvalue weighted by Crippen LogP contribution is 2.40. The number of benzene rings is 2. The van der Waals surface area contributed by atoms with Crippen LogP contribution in [0.3, 0.4) is 0 Å². The summed E-state index contributed by atoms with van der Waals surface area (Å²) in [5, 5.41) is 0.670. The lowest BCUT2D eigenvalue weighted by atomic mass is 9.86. The molecule has 0 fully saturated rings. The molecule has 0 amide bonds. The van der Waals surface area contributed by atoms with E-state index in [0.29, 0.717) is 22.0 Å². The van der Waals surface area contributed by atoms with Crippen molar-refractivity contribution in [1.29, 1.82) is 0 Å². The normalized spacial score (nSPS) is 16.8. The van der Waals surface area contributed by atoms with Gasteiger partial charge in [0.2, 0.25) is 0 Å². The van der Waals surface area contributed by atoms with E-state index in [4.69, 9.17) is 4.74 Å². The van der Waals surface area contributed by atoms with Crippen LogP contribution in [0.4, 0.5) is 4.39 Å². The molecule has 0 radical (unpaired) electrons. The van der Waals surface area contributed by atoms with E-state index in [-0.39, 0.29) is 17.7 Å². The Hall–Kier alpha value is -2.95. The lowest BCUT2D eigenvalue weighted by Crippen LogP contribution is -2.31. The monoisotopic (exact) mass is 323 g/mol. The largest absolute Gasteiger partial charge is 0.425 e. The molecule has 24 heavy (non-hydrogen) atoms. The molecule has 0 saturated carbocycles. The minimum absolute atomic E-state index is 0.0541. The van der Waals surface area contributed by atoms with Gasteiger partial charge in [0.05, 0.1) is 17.5 Å². The lowest BCUT2D eigenvalue weighted by molar-refractivity contribution is -0.135. The first-order valence-corrected chi connectivity index (χ1v) is 7.64. The number of para-hydroxylation sites is 1. The molecule has 5 heteroatoms. The summed E-state index contributed by atoms with van der Waals surface area (Å²) in [6.45, 7) is 0. The average molecular weight is 323 g/mol. The molecule has 4 nitrogen and oxygen atoms in total. The van der Waals surface area contributed by atoms with Crippen LogP contribution in [-0.2, 0) is 11.8 Å². The van der Waals surface area contributed by atoms with Gasteiger partial charge in [0.15, 0.2) is 0 Å². The molecule has 0 unspecified atom stereocenters. The summed E-state index contributed by atoms with van der Waals surface area (Å²) in [6.07, 6.45) is -0.0541. The number of pyridine rings is 1. The first-order chi connectivity index (χ1) is 11.6. The van der Waals surface area contributed by atoms with Crippen LogP contribution in [-0.4, -0.2) is 10.5 Å². The van der Waals surface area contributed by atoms with Crippen molar-refractivity contribution in [3.8, 4) is 5.75 Å². The van der Waals surface area contributed by atoms with Crippen molar-refractivity contribution >= 4 is 16.9 Å². The summed E-state index contributed by atoms with van der Waals surface area (Å²) in [5.41, 5.74) is 1.07. The third-order valence-corrected chi connectivity index (χ3v) is 4.51. The first-order valence-electron chi connectivity index (χ1n) is 7.64. The van der Waals surface area contributed by atoms with Gasteiger partial charge in [-0.3, -0.25) is 9.59 Å². The number of rotatable bonds is 1. The van der Waals surface area contributed by atoms with Crippen LogP contribution in [0.1, 0.15) is 23.5 Å². The molecule has 1 aliphatic heterocycles. The van der Waals surface area contributed by atoms with Gasteiger partial charge in [-0.2, -0.15) is 0 Å². The molecule has 2 aromatic carbocycles. The van der Waals surface area contributed by atoms with E-state index in [0.717, 1.165) is 0 Å². The number of hydrogen-bond acceptors (Lipinski definition) is 3. The van der Waals surface area contributed by atoms with Gasteiger partial charge in [0.25, 0.3) is 5.56 Å². The van der Waals surface area contributed by atoms with Crippen molar-refractivity contribution in [2.75, 3.05) is 0 Å². The maximum absolute atomic E-state index is 14.3. The number of halogens is 1. The second kappa shape index (κ2) is 5.30. The predicted octanol–water partition coefficient (Wildman–Crippen LogP) is 3.12. The van der Waals surface area contributed by atoms with Gasteiger partial charge in [-0.1, -0.05) is 30.3 Å². The van der Waals surface area contributed by atoms with Crippen LogP contribution in [0, 0.1) is 5.82 Å².